The Morgan fingerprint density at radius 1 is 1.29 bits per heavy atom. The van der Waals surface area contributed by atoms with Crippen LogP contribution in [-0.4, -0.2) is 49.6 Å². The van der Waals surface area contributed by atoms with Gasteiger partial charge in [-0.3, -0.25) is 0 Å². The summed E-state index contributed by atoms with van der Waals surface area (Å²) in [6.07, 6.45) is 3.21. The molecule has 1 aromatic rings. The number of aromatic nitrogens is 1. The SMILES string of the molecule is COCCOCCCOc1ccc(C)nc1/C=C/C(=O)O. The van der Waals surface area contributed by atoms with E-state index in [0.29, 0.717) is 37.9 Å². The molecule has 0 amide bonds. The fourth-order valence-corrected chi connectivity index (χ4v) is 1.54. The Morgan fingerprint density at radius 3 is 2.81 bits per heavy atom. The highest BCUT2D eigenvalue weighted by molar-refractivity contribution is 5.85. The topological polar surface area (TPSA) is 77.9 Å². The largest absolute Gasteiger partial charge is 0.491 e. The summed E-state index contributed by atoms with van der Waals surface area (Å²) in [4.78, 5) is 14.8. The summed E-state index contributed by atoms with van der Waals surface area (Å²) >= 11 is 0. The van der Waals surface area contributed by atoms with Crippen molar-refractivity contribution in [2.75, 3.05) is 33.5 Å². The van der Waals surface area contributed by atoms with Crippen LogP contribution in [0.5, 0.6) is 5.75 Å². The number of pyridine rings is 1. The van der Waals surface area contributed by atoms with Gasteiger partial charge in [-0.15, -0.1) is 0 Å². The highest BCUT2D eigenvalue weighted by Gasteiger charge is 2.04. The van der Waals surface area contributed by atoms with E-state index >= 15 is 0 Å². The van der Waals surface area contributed by atoms with Crippen molar-refractivity contribution in [3.05, 3.63) is 29.6 Å². The first-order valence-corrected chi connectivity index (χ1v) is 6.71. The molecule has 116 valence electrons. The number of hydrogen-bond donors (Lipinski definition) is 1. The van der Waals surface area contributed by atoms with Gasteiger partial charge in [-0.05, 0) is 25.1 Å². The average molecular weight is 295 g/mol. The normalized spacial score (nSPS) is 11.0. The van der Waals surface area contributed by atoms with Gasteiger partial charge in [-0.25, -0.2) is 9.78 Å². The minimum atomic E-state index is -1.02. The quantitative estimate of drug-likeness (QED) is 0.525. The number of aryl methyl sites for hydroxylation is 1. The van der Waals surface area contributed by atoms with Crippen LogP contribution in [0.2, 0.25) is 0 Å². The Labute approximate surface area is 124 Å². The van der Waals surface area contributed by atoms with Crippen LogP contribution >= 0.6 is 0 Å². The lowest BCUT2D eigenvalue weighted by Gasteiger charge is -2.09. The first-order valence-electron chi connectivity index (χ1n) is 6.71. The summed E-state index contributed by atoms with van der Waals surface area (Å²) in [5.74, 6) is -0.453. The highest BCUT2D eigenvalue weighted by Crippen LogP contribution is 2.18. The van der Waals surface area contributed by atoms with Crippen molar-refractivity contribution in [1.29, 1.82) is 0 Å². The monoisotopic (exact) mass is 295 g/mol. The molecule has 1 heterocycles. The van der Waals surface area contributed by atoms with Crippen molar-refractivity contribution >= 4 is 12.0 Å². The third kappa shape index (κ3) is 7.43. The number of ether oxygens (including phenoxy) is 3. The number of hydrogen-bond acceptors (Lipinski definition) is 5. The van der Waals surface area contributed by atoms with Crippen molar-refractivity contribution in [2.45, 2.75) is 13.3 Å². The Balaban J connectivity index is 2.45. The molecule has 0 radical (unpaired) electrons. The van der Waals surface area contributed by atoms with E-state index in [9.17, 15) is 4.79 Å². The smallest absolute Gasteiger partial charge is 0.328 e. The molecule has 0 saturated heterocycles. The Bertz CT molecular complexity index is 473. The van der Waals surface area contributed by atoms with Crippen molar-refractivity contribution in [3.63, 3.8) is 0 Å². The standard InChI is InChI=1S/C15H21NO5/c1-12-4-6-14(13(16-12)5-7-15(17)18)21-9-3-8-20-11-10-19-2/h4-7H,3,8-11H2,1-2H3,(H,17,18)/b7-5+. The number of carbonyl (C=O) groups is 1. The zero-order chi connectivity index (χ0) is 15.5. The number of nitrogens with zero attached hydrogens (tertiary/aromatic N) is 1. The van der Waals surface area contributed by atoms with E-state index in [-0.39, 0.29) is 0 Å². The molecular formula is C15H21NO5. The molecule has 21 heavy (non-hydrogen) atoms. The van der Waals surface area contributed by atoms with Crippen LogP contribution in [0.3, 0.4) is 0 Å². The van der Waals surface area contributed by atoms with E-state index in [2.05, 4.69) is 4.98 Å². The molecule has 1 aromatic heterocycles. The van der Waals surface area contributed by atoms with E-state index in [4.69, 9.17) is 19.3 Å². The number of aliphatic carboxylic acids is 1. The van der Waals surface area contributed by atoms with Crippen molar-refractivity contribution in [3.8, 4) is 5.75 Å². The fraction of sp³-hybridized carbons (Fsp3) is 0.467. The third-order valence-corrected chi connectivity index (χ3v) is 2.53. The second kappa shape index (κ2) is 9.90. The number of rotatable bonds is 10. The van der Waals surface area contributed by atoms with Gasteiger partial charge >= 0.3 is 5.97 Å². The molecule has 0 fully saturated rings. The number of carboxylic acid groups (broad SMARTS) is 1. The average Bonchev–Trinajstić information content (AvgIpc) is 2.45. The molecule has 1 rings (SSSR count). The van der Waals surface area contributed by atoms with E-state index in [1.165, 1.54) is 6.08 Å². The maximum atomic E-state index is 10.6. The molecule has 6 heteroatoms. The van der Waals surface area contributed by atoms with Gasteiger partial charge in [0, 0.05) is 31.9 Å². The van der Waals surface area contributed by atoms with Gasteiger partial charge in [0.25, 0.3) is 0 Å². The maximum Gasteiger partial charge on any atom is 0.328 e. The molecule has 0 bridgehead atoms. The van der Waals surface area contributed by atoms with E-state index in [0.717, 1.165) is 18.2 Å². The minimum absolute atomic E-state index is 0.478. The molecule has 0 aliphatic carbocycles. The Morgan fingerprint density at radius 2 is 2.10 bits per heavy atom. The van der Waals surface area contributed by atoms with Gasteiger partial charge in [0.1, 0.15) is 11.4 Å². The van der Waals surface area contributed by atoms with Crippen molar-refractivity contribution in [1.82, 2.24) is 4.98 Å². The van der Waals surface area contributed by atoms with Crippen LogP contribution in [0.25, 0.3) is 6.08 Å². The predicted octanol–water partition coefficient (Wildman–Crippen LogP) is 1.92. The molecule has 0 aliphatic rings. The molecule has 6 nitrogen and oxygen atoms in total. The Hall–Kier alpha value is -1.92. The molecule has 1 N–H and O–H groups in total. The van der Waals surface area contributed by atoms with Crippen molar-refractivity contribution in [2.24, 2.45) is 0 Å². The van der Waals surface area contributed by atoms with Gasteiger partial charge in [-0.1, -0.05) is 0 Å². The number of methoxy groups -OCH3 is 1. The fourth-order valence-electron chi connectivity index (χ4n) is 1.54. The first kappa shape index (κ1) is 17.1. The summed E-state index contributed by atoms with van der Waals surface area (Å²) < 4.78 is 15.8. The van der Waals surface area contributed by atoms with Crippen LogP contribution < -0.4 is 4.74 Å². The minimum Gasteiger partial charge on any atom is -0.491 e. The first-order chi connectivity index (χ1) is 10.1. The van der Waals surface area contributed by atoms with Crippen LogP contribution in [0.4, 0.5) is 0 Å². The summed E-state index contributed by atoms with van der Waals surface area (Å²) in [7, 11) is 1.63. The third-order valence-electron chi connectivity index (χ3n) is 2.53. The predicted molar refractivity (Wildman–Crippen MR) is 78.5 cm³/mol. The summed E-state index contributed by atoms with van der Waals surface area (Å²) in [5, 5.41) is 8.67. The van der Waals surface area contributed by atoms with Crippen LogP contribution in [0, 0.1) is 6.92 Å². The maximum absolute atomic E-state index is 10.6. The van der Waals surface area contributed by atoms with Crippen LogP contribution in [0.1, 0.15) is 17.8 Å². The lowest BCUT2D eigenvalue weighted by atomic mass is 10.2. The van der Waals surface area contributed by atoms with E-state index < -0.39 is 5.97 Å². The molecule has 0 aromatic carbocycles. The molecule has 0 aliphatic heterocycles. The van der Waals surface area contributed by atoms with Gasteiger partial charge < -0.3 is 19.3 Å². The number of carboxylic acids is 1. The highest BCUT2D eigenvalue weighted by atomic mass is 16.5. The van der Waals surface area contributed by atoms with E-state index in [1.807, 2.05) is 13.0 Å². The lowest BCUT2D eigenvalue weighted by molar-refractivity contribution is -0.131. The molecule has 0 atom stereocenters. The molecule has 0 spiro atoms. The molecule has 0 unspecified atom stereocenters. The van der Waals surface area contributed by atoms with Crippen LogP contribution in [0.15, 0.2) is 18.2 Å². The lowest BCUT2D eigenvalue weighted by Crippen LogP contribution is -2.07. The van der Waals surface area contributed by atoms with Gasteiger partial charge in [0.2, 0.25) is 0 Å². The summed E-state index contributed by atoms with van der Waals surface area (Å²) in [6.45, 7) is 4.04. The Kier molecular flexibility index (Phi) is 8.08. The summed E-state index contributed by atoms with van der Waals surface area (Å²) in [5.41, 5.74) is 1.31. The zero-order valence-electron chi connectivity index (χ0n) is 12.4. The van der Waals surface area contributed by atoms with Gasteiger partial charge in [-0.2, -0.15) is 0 Å². The van der Waals surface area contributed by atoms with Crippen LogP contribution in [-0.2, 0) is 14.3 Å². The van der Waals surface area contributed by atoms with Gasteiger partial charge in [0.15, 0.2) is 0 Å². The summed E-state index contributed by atoms with van der Waals surface area (Å²) in [6, 6.07) is 3.61. The van der Waals surface area contributed by atoms with Gasteiger partial charge in [0.05, 0.1) is 19.8 Å². The second-order valence-electron chi connectivity index (χ2n) is 4.31. The van der Waals surface area contributed by atoms with Crippen molar-refractivity contribution < 1.29 is 24.1 Å². The zero-order valence-corrected chi connectivity index (χ0v) is 12.4. The molecule has 0 saturated carbocycles. The second-order valence-corrected chi connectivity index (χ2v) is 4.31. The molecular weight excluding hydrogens is 274 g/mol. The van der Waals surface area contributed by atoms with E-state index in [1.54, 1.807) is 13.2 Å².